The highest BCUT2D eigenvalue weighted by atomic mass is 16.3. The first-order valence-electron chi connectivity index (χ1n) is 4.84. The number of phenols is 1. The van der Waals surface area contributed by atoms with Gasteiger partial charge in [0.25, 0.3) is 0 Å². The fourth-order valence-electron chi connectivity index (χ4n) is 2.29. The van der Waals surface area contributed by atoms with E-state index in [1.807, 2.05) is 6.07 Å². The summed E-state index contributed by atoms with van der Waals surface area (Å²) in [6.07, 6.45) is 2.16. The van der Waals surface area contributed by atoms with Crippen LogP contribution in [0.25, 0.3) is 10.9 Å². The fraction of sp³-hybridized carbons (Fsp3) is 0.273. The molecule has 2 heterocycles. The number of aromatic hydroxyl groups is 1. The van der Waals surface area contributed by atoms with Crippen LogP contribution in [0.4, 0.5) is 0 Å². The minimum absolute atomic E-state index is 0.104. The standard InChI is InChI=1S/C11H12N2O/c12-11-4-1-8-5-7-6-9(14)2-3-10(7)13(8)11/h2-3,5-6,11,14H,1,4,12H2. The lowest BCUT2D eigenvalue weighted by Crippen LogP contribution is -2.13. The predicted octanol–water partition coefficient (Wildman–Crippen LogP) is 1.75. The van der Waals surface area contributed by atoms with Crippen molar-refractivity contribution in [1.29, 1.82) is 0 Å². The van der Waals surface area contributed by atoms with E-state index >= 15 is 0 Å². The Morgan fingerprint density at radius 1 is 1.36 bits per heavy atom. The Hall–Kier alpha value is -1.48. The predicted molar refractivity (Wildman–Crippen MR) is 55.1 cm³/mol. The van der Waals surface area contributed by atoms with E-state index in [9.17, 15) is 5.11 Å². The molecule has 0 saturated carbocycles. The van der Waals surface area contributed by atoms with Gasteiger partial charge < -0.3 is 15.4 Å². The summed E-state index contributed by atoms with van der Waals surface area (Å²) in [5, 5.41) is 10.4. The Bertz CT molecular complexity index is 501. The molecule has 0 spiro atoms. The number of hydrogen-bond acceptors (Lipinski definition) is 2. The number of aromatic nitrogens is 1. The Kier molecular flexibility index (Phi) is 1.42. The summed E-state index contributed by atoms with van der Waals surface area (Å²) in [4.78, 5) is 0. The third-order valence-corrected chi connectivity index (χ3v) is 2.93. The van der Waals surface area contributed by atoms with Crippen molar-refractivity contribution >= 4 is 10.9 Å². The maximum Gasteiger partial charge on any atom is 0.116 e. The van der Waals surface area contributed by atoms with Gasteiger partial charge in [-0.15, -0.1) is 0 Å². The molecular weight excluding hydrogens is 176 g/mol. The molecule has 1 unspecified atom stereocenters. The molecular formula is C11H12N2O. The van der Waals surface area contributed by atoms with Crippen molar-refractivity contribution in [2.45, 2.75) is 19.0 Å². The average Bonchev–Trinajstić information content (AvgIpc) is 2.66. The number of phenolic OH excluding ortho intramolecular Hbond substituents is 1. The second kappa shape index (κ2) is 2.51. The number of nitrogens with two attached hydrogens (primary N) is 1. The molecule has 0 aliphatic carbocycles. The molecule has 0 radical (unpaired) electrons. The van der Waals surface area contributed by atoms with Gasteiger partial charge in [-0.25, -0.2) is 0 Å². The first kappa shape index (κ1) is 7.88. The Morgan fingerprint density at radius 3 is 3.07 bits per heavy atom. The summed E-state index contributed by atoms with van der Waals surface area (Å²) >= 11 is 0. The van der Waals surface area contributed by atoms with Gasteiger partial charge in [-0.2, -0.15) is 0 Å². The van der Waals surface area contributed by atoms with E-state index in [0.29, 0.717) is 5.75 Å². The SMILES string of the molecule is NC1CCc2cc3cc(O)ccc3n21. The Balaban J connectivity index is 2.36. The van der Waals surface area contributed by atoms with Crippen LogP contribution in [0.2, 0.25) is 0 Å². The first-order chi connectivity index (χ1) is 6.75. The molecule has 3 rings (SSSR count). The van der Waals surface area contributed by atoms with E-state index in [2.05, 4.69) is 10.6 Å². The molecule has 3 nitrogen and oxygen atoms in total. The second-order valence-corrected chi connectivity index (χ2v) is 3.85. The first-order valence-corrected chi connectivity index (χ1v) is 4.84. The summed E-state index contributed by atoms with van der Waals surface area (Å²) in [6.45, 7) is 0. The van der Waals surface area contributed by atoms with Gasteiger partial charge in [0, 0.05) is 16.6 Å². The molecule has 1 aliphatic heterocycles. The highest BCUT2D eigenvalue weighted by Crippen LogP contribution is 2.31. The number of benzene rings is 1. The van der Waals surface area contributed by atoms with Crippen LogP contribution in [-0.2, 0) is 6.42 Å². The van der Waals surface area contributed by atoms with E-state index in [4.69, 9.17) is 5.73 Å². The van der Waals surface area contributed by atoms with Gasteiger partial charge in [-0.3, -0.25) is 0 Å². The van der Waals surface area contributed by atoms with Crippen molar-refractivity contribution in [3.63, 3.8) is 0 Å². The lowest BCUT2D eigenvalue weighted by molar-refractivity contribution is 0.476. The molecule has 1 aromatic carbocycles. The molecule has 1 atom stereocenters. The molecule has 72 valence electrons. The lowest BCUT2D eigenvalue weighted by Gasteiger charge is -2.08. The topological polar surface area (TPSA) is 51.2 Å². The molecule has 3 heteroatoms. The summed E-state index contributed by atoms with van der Waals surface area (Å²) in [5.41, 5.74) is 8.40. The molecule has 0 saturated heterocycles. The number of nitrogens with zero attached hydrogens (tertiary/aromatic N) is 1. The quantitative estimate of drug-likeness (QED) is 0.661. The summed E-state index contributed by atoms with van der Waals surface area (Å²) in [7, 11) is 0. The Morgan fingerprint density at radius 2 is 2.21 bits per heavy atom. The van der Waals surface area contributed by atoms with Crippen LogP contribution < -0.4 is 5.73 Å². The number of rotatable bonds is 0. The van der Waals surface area contributed by atoms with Crippen LogP contribution in [0.15, 0.2) is 24.3 Å². The van der Waals surface area contributed by atoms with Gasteiger partial charge in [0.05, 0.1) is 6.17 Å². The zero-order valence-electron chi connectivity index (χ0n) is 7.77. The molecule has 3 N–H and O–H groups in total. The molecule has 0 bridgehead atoms. The maximum absolute atomic E-state index is 9.35. The van der Waals surface area contributed by atoms with Gasteiger partial charge in [0.2, 0.25) is 0 Å². The third kappa shape index (κ3) is 0.902. The van der Waals surface area contributed by atoms with Gasteiger partial charge >= 0.3 is 0 Å². The molecule has 0 fully saturated rings. The van der Waals surface area contributed by atoms with E-state index in [1.54, 1.807) is 12.1 Å². The lowest BCUT2D eigenvalue weighted by atomic mass is 10.2. The highest BCUT2D eigenvalue weighted by Gasteiger charge is 2.20. The van der Waals surface area contributed by atoms with Crippen molar-refractivity contribution < 1.29 is 5.11 Å². The normalized spacial score (nSPS) is 20.2. The second-order valence-electron chi connectivity index (χ2n) is 3.85. The smallest absolute Gasteiger partial charge is 0.116 e. The minimum Gasteiger partial charge on any atom is -0.508 e. The van der Waals surface area contributed by atoms with Gasteiger partial charge in [-0.1, -0.05) is 0 Å². The van der Waals surface area contributed by atoms with Crippen LogP contribution in [0.1, 0.15) is 18.3 Å². The molecule has 1 aromatic heterocycles. The number of hydrogen-bond donors (Lipinski definition) is 2. The van der Waals surface area contributed by atoms with Crippen molar-refractivity contribution in [3.05, 3.63) is 30.0 Å². The number of fused-ring (bicyclic) bond motifs is 3. The van der Waals surface area contributed by atoms with Gasteiger partial charge in [-0.05, 0) is 37.1 Å². The van der Waals surface area contributed by atoms with Crippen LogP contribution in [-0.4, -0.2) is 9.67 Å². The zero-order chi connectivity index (χ0) is 9.71. The van der Waals surface area contributed by atoms with Crippen molar-refractivity contribution in [3.8, 4) is 5.75 Å². The van der Waals surface area contributed by atoms with E-state index in [-0.39, 0.29) is 6.17 Å². The van der Waals surface area contributed by atoms with Crippen LogP contribution >= 0.6 is 0 Å². The van der Waals surface area contributed by atoms with Crippen molar-refractivity contribution in [2.24, 2.45) is 5.73 Å². The van der Waals surface area contributed by atoms with Crippen LogP contribution in [0.5, 0.6) is 5.75 Å². The molecule has 2 aromatic rings. The minimum atomic E-state index is 0.104. The summed E-state index contributed by atoms with van der Waals surface area (Å²) in [6, 6.07) is 7.54. The van der Waals surface area contributed by atoms with Gasteiger partial charge in [0.15, 0.2) is 0 Å². The van der Waals surface area contributed by atoms with E-state index in [0.717, 1.165) is 23.7 Å². The monoisotopic (exact) mass is 188 g/mol. The fourth-order valence-corrected chi connectivity index (χ4v) is 2.29. The summed E-state index contributed by atoms with van der Waals surface area (Å²) in [5.74, 6) is 0.315. The van der Waals surface area contributed by atoms with Gasteiger partial charge in [0.1, 0.15) is 5.75 Å². The van der Waals surface area contributed by atoms with E-state index in [1.165, 1.54) is 5.69 Å². The van der Waals surface area contributed by atoms with E-state index < -0.39 is 0 Å². The number of aryl methyl sites for hydroxylation is 1. The van der Waals surface area contributed by atoms with Crippen LogP contribution in [0.3, 0.4) is 0 Å². The third-order valence-electron chi connectivity index (χ3n) is 2.93. The molecule has 1 aliphatic rings. The van der Waals surface area contributed by atoms with Crippen molar-refractivity contribution in [1.82, 2.24) is 4.57 Å². The zero-order valence-corrected chi connectivity index (χ0v) is 7.77. The highest BCUT2D eigenvalue weighted by molar-refractivity contribution is 5.83. The Labute approximate surface area is 81.8 Å². The largest absolute Gasteiger partial charge is 0.508 e. The molecule has 14 heavy (non-hydrogen) atoms. The average molecular weight is 188 g/mol. The molecule has 0 amide bonds. The van der Waals surface area contributed by atoms with Crippen LogP contribution in [0, 0.1) is 0 Å². The summed E-state index contributed by atoms with van der Waals surface area (Å²) < 4.78 is 2.16. The maximum atomic E-state index is 9.35. The van der Waals surface area contributed by atoms with Crippen molar-refractivity contribution in [2.75, 3.05) is 0 Å².